The van der Waals surface area contributed by atoms with E-state index in [4.69, 9.17) is 0 Å². The minimum Gasteiger partial charge on any atom is -0.298 e. The molecule has 0 unspecified atom stereocenters. The van der Waals surface area contributed by atoms with Gasteiger partial charge >= 0.3 is 0 Å². The van der Waals surface area contributed by atoms with Gasteiger partial charge in [0.25, 0.3) is 0 Å². The lowest BCUT2D eigenvalue weighted by Gasteiger charge is -2.09. The highest BCUT2D eigenvalue weighted by Gasteiger charge is 2.13. The summed E-state index contributed by atoms with van der Waals surface area (Å²) in [5.41, 5.74) is 0.667. The number of carbonyl (C=O) groups is 1. The molecule has 0 atom stereocenters. The van der Waals surface area contributed by atoms with Crippen molar-refractivity contribution in [1.29, 1.82) is 0 Å². The van der Waals surface area contributed by atoms with E-state index in [9.17, 15) is 4.79 Å². The Balaban J connectivity index is 3.04. The van der Waals surface area contributed by atoms with Crippen molar-refractivity contribution in [3.8, 4) is 0 Å². The molecule has 0 spiro atoms. The van der Waals surface area contributed by atoms with Gasteiger partial charge in [-0.3, -0.25) is 4.79 Å². The van der Waals surface area contributed by atoms with Gasteiger partial charge in [0.05, 0.1) is 0 Å². The smallest absolute Gasteiger partial charge is 0.151 e. The number of benzene rings is 2. The van der Waals surface area contributed by atoms with Crippen LogP contribution in [0.1, 0.15) is 10.4 Å². The summed E-state index contributed by atoms with van der Waals surface area (Å²) in [6.07, 6.45) is 0.865. The lowest BCUT2D eigenvalue weighted by molar-refractivity contribution is 0.112. The summed E-state index contributed by atoms with van der Waals surface area (Å²) in [5.74, 6) is 0. The van der Waals surface area contributed by atoms with Gasteiger partial charge in [-0.25, -0.2) is 0 Å². The van der Waals surface area contributed by atoms with Crippen LogP contribution in [0.4, 0.5) is 0 Å². The van der Waals surface area contributed by atoms with Gasteiger partial charge in [-0.1, -0.05) is 24.3 Å². The molecule has 0 N–H and O–H groups in total. The first-order chi connectivity index (χ1) is 7.16. The summed E-state index contributed by atoms with van der Waals surface area (Å²) >= 11 is 10.3. The summed E-state index contributed by atoms with van der Waals surface area (Å²) in [7, 11) is 0. The van der Waals surface area contributed by atoms with Crippen LogP contribution in [0.15, 0.2) is 37.7 Å². The largest absolute Gasteiger partial charge is 0.298 e. The molecule has 2 rings (SSSR count). The van der Waals surface area contributed by atoms with Crippen LogP contribution in [0.2, 0.25) is 0 Å². The summed E-state index contributed by atoms with van der Waals surface area (Å²) in [4.78, 5) is 11.0. The summed E-state index contributed by atoms with van der Waals surface area (Å²) in [6, 6.07) is 7.77. The molecule has 2 aromatic carbocycles. The van der Waals surface area contributed by atoms with Gasteiger partial charge in [-0.05, 0) is 58.6 Å². The second kappa shape index (κ2) is 4.36. The molecule has 0 aliphatic carbocycles. The highest BCUT2D eigenvalue weighted by Crippen LogP contribution is 2.39. The number of rotatable bonds is 1. The third-order valence-electron chi connectivity index (χ3n) is 2.19. The van der Waals surface area contributed by atoms with Crippen molar-refractivity contribution < 1.29 is 4.79 Å². The molecule has 76 valence electrons. The zero-order valence-electron chi connectivity index (χ0n) is 7.43. The van der Waals surface area contributed by atoms with Gasteiger partial charge in [0.15, 0.2) is 6.29 Å². The predicted molar refractivity (Wildman–Crippen MR) is 72.4 cm³/mol. The molecular formula is C11H5Br3O. The molecule has 0 saturated carbocycles. The van der Waals surface area contributed by atoms with Crippen molar-refractivity contribution in [2.24, 2.45) is 0 Å². The molecule has 0 saturated heterocycles. The van der Waals surface area contributed by atoms with Crippen LogP contribution < -0.4 is 0 Å². The van der Waals surface area contributed by atoms with E-state index in [2.05, 4.69) is 47.8 Å². The molecule has 0 amide bonds. The third kappa shape index (κ3) is 1.79. The molecule has 4 heteroatoms. The number of fused-ring (bicyclic) bond motifs is 1. The fraction of sp³-hybridized carbons (Fsp3) is 0. The van der Waals surface area contributed by atoms with Gasteiger partial charge in [-0.15, -0.1) is 0 Å². The second-order valence-electron chi connectivity index (χ2n) is 3.02. The molecule has 15 heavy (non-hydrogen) atoms. The Morgan fingerprint density at radius 2 is 1.47 bits per heavy atom. The van der Waals surface area contributed by atoms with Crippen molar-refractivity contribution in [1.82, 2.24) is 0 Å². The van der Waals surface area contributed by atoms with Gasteiger partial charge in [0, 0.05) is 19.0 Å². The van der Waals surface area contributed by atoms with Crippen LogP contribution in [0, 0.1) is 0 Å². The van der Waals surface area contributed by atoms with Crippen molar-refractivity contribution in [3.63, 3.8) is 0 Å². The lowest BCUT2D eigenvalue weighted by Crippen LogP contribution is -1.89. The van der Waals surface area contributed by atoms with E-state index in [1.807, 2.05) is 24.3 Å². The van der Waals surface area contributed by atoms with Gasteiger partial charge < -0.3 is 0 Å². The zero-order valence-corrected chi connectivity index (χ0v) is 12.2. The quantitative estimate of drug-likeness (QED) is 0.496. The fourth-order valence-electron chi connectivity index (χ4n) is 1.48. The SMILES string of the molecule is O=Cc1c(Br)c(Br)c(Br)c2ccccc12. The Hall–Kier alpha value is -0.190. The molecule has 0 fully saturated rings. The standard InChI is InChI=1S/C11H5Br3O/c12-9-7-4-2-1-3-6(7)8(5-15)10(13)11(9)14/h1-5H. The van der Waals surface area contributed by atoms with E-state index in [0.717, 1.165) is 30.5 Å². The molecular weight excluding hydrogens is 388 g/mol. The van der Waals surface area contributed by atoms with E-state index >= 15 is 0 Å². The number of hydrogen-bond donors (Lipinski definition) is 0. The fourth-order valence-corrected chi connectivity index (χ4v) is 3.22. The first-order valence-corrected chi connectivity index (χ1v) is 6.55. The Morgan fingerprint density at radius 1 is 0.867 bits per heavy atom. The Labute approximate surface area is 112 Å². The molecule has 0 heterocycles. The molecule has 2 aromatic rings. The van der Waals surface area contributed by atoms with Crippen LogP contribution in [-0.2, 0) is 0 Å². The van der Waals surface area contributed by atoms with Crippen LogP contribution in [-0.4, -0.2) is 6.29 Å². The molecule has 0 aromatic heterocycles. The van der Waals surface area contributed by atoms with Crippen molar-refractivity contribution >= 4 is 64.8 Å². The average molecular weight is 393 g/mol. The minimum absolute atomic E-state index is 0.667. The summed E-state index contributed by atoms with van der Waals surface area (Å²) in [5, 5.41) is 1.96. The highest BCUT2D eigenvalue weighted by molar-refractivity contribution is 9.14. The van der Waals surface area contributed by atoms with Crippen molar-refractivity contribution in [2.75, 3.05) is 0 Å². The summed E-state index contributed by atoms with van der Waals surface area (Å²) < 4.78 is 2.60. The zero-order chi connectivity index (χ0) is 11.0. The van der Waals surface area contributed by atoms with E-state index in [1.54, 1.807) is 0 Å². The molecule has 0 aliphatic rings. The lowest BCUT2D eigenvalue weighted by atomic mass is 10.1. The topological polar surface area (TPSA) is 17.1 Å². The number of hydrogen-bond acceptors (Lipinski definition) is 1. The van der Waals surface area contributed by atoms with Gasteiger partial charge in [0.2, 0.25) is 0 Å². The van der Waals surface area contributed by atoms with Crippen LogP contribution >= 0.6 is 47.8 Å². The Bertz CT molecular complexity index is 549. The first-order valence-electron chi connectivity index (χ1n) is 4.17. The van der Waals surface area contributed by atoms with Crippen LogP contribution in [0.25, 0.3) is 10.8 Å². The Kier molecular flexibility index (Phi) is 3.28. The normalized spacial score (nSPS) is 10.6. The monoisotopic (exact) mass is 390 g/mol. The number of aldehydes is 1. The number of halogens is 3. The second-order valence-corrected chi connectivity index (χ2v) is 5.40. The predicted octanol–water partition coefficient (Wildman–Crippen LogP) is 4.94. The average Bonchev–Trinajstić information content (AvgIpc) is 2.27. The van der Waals surface area contributed by atoms with E-state index in [0.29, 0.717) is 5.56 Å². The molecule has 0 bridgehead atoms. The van der Waals surface area contributed by atoms with E-state index < -0.39 is 0 Å². The van der Waals surface area contributed by atoms with Gasteiger partial charge in [-0.2, -0.15) is 0 Å². The minimum atomic E-state index is 0.667. The first kappa shape index (κ1) is 11.3. The van der Waals surface area contributed by atoms with Crippen LogP contribution in [0.5, 0.6) is 0 Å². The highest BCUT2D eigenvalue weighted by atomic mass is 79.9. The van der Waals surface area contributed by atoms with Crippen molar-refractivity contribution in [2.45, 2.75) is 0 Å². The third-order valence-corrected chi connectivity index (χ3v) is 5.70. The maximum Gasteiger partial charge on any atom is 0.151 e. The maximum atomic E-state index is 11.0. The molecule has 0 radical (unpaired) electrons. The molecule has 0 aliphatic heterocycles. The van der Waals surface area contributed by atoms with E-state index in [1.165, 1.54) is 0 Å². The van der Waals surface area contributed by atoms with Crippen molar-refractivity contribution in [3.05, 3.63) is 43.2 Å². The summed E-state index contributed by atoms with van der Waals surface area (Å²) in [6.45, 7) is 0. The van der Waals surface area contributed by atoms with Gasteiger partial charge in [0.1, 0.15) is 0 Å². The number of carbonyl (C=O) groups excluding carboxylic acids is 1. The van der Waals surface area contributed by atoms with Crippen LogP contribution in [0.3, 0.4) is 0 Å². The maximum absolute atomic E-state index is 11.0. The van der Waals surface area contributed by atoms with E-state index in [-0.39, 0.29) is 0 Å². The Morgan fingerprint density at radius 3 is 2.07 bits per heavy atom. The molecule has 1 nitrogen and oxygen atoms in total.